The molecule has 0 radical (unpaired) electrons. The van der Waals surface area contributed by atoms with Crippen LogP contribution >= 0.6 is 0 Å². The molecular weight excluding hydrogens is 448 g/mol. The number of nitro groups is 1. The highest BCUT2D eigenvalue weighted by atomic mass is 16.6. The number of nitrogens with one attached hydrogen (secondary N) is 1. The van der Waals surface area contributed by atoms with E-state index in [9.17, 15) is 14.9 Å². The number of hydrogen-bond acceptors (Lipinski definition) is 7. The number of nitro benzene ring substituents is 1. The minimum Gasteiger partial charge on any atom is -0.360 e. The van der Waals surface area contributed by atoms with Crippen LogP contribution in [0, 0.1) is 17.0 Å². The van der Waals surface area contributed by atoms with E-state index < -0.39 is 4.92 Å². The van der Waals surface area contributed by atoms with Crippen LogP contribution in [-0.2, 0) is 6.42 Å². The quantitative estimate of drug-likeness (QED) is 0.319. The topological polar surface area (TPSA) is 121 Å². The van der Waals surface area contributed by atoms with Crippen molar-refractivity contribution in [3.8, 4) is 11.4 Å². The van der Waals surface area contributed by atoms with Crippen LogP contribution in [0.1, 0.15) is 28.2 Å². The van der Waals surface area contributed by atoms with E-state index in [-0.39, 0.29) is 11.6 Å². The number of benzene rings is 2. The van der Waals surface area contributed by atoms with Gasteiger partial charge in [-0.2, -0.15) is 4.98 Å². The fourth-order valence-electron chi connectivity index (χ4n) is 4.37. The smallest absolute Gasteiger partial charge is 0.270 e. The Bertz CT molecular complexity index is 1350. The number of rotatable bonds is 7. The van der Waals surface area contributed by atoms with Gasteiger partial charge >= 0.3 is 0 Å². The largest absolute Gasteiger partial charge is 0.360 e. The molecule has 2 aromatic heterocycles. The molecule has 0 bridgehead atoms. The molecule has 1 saturated heterocycles. The summed E-state index contributed by atoms with van der Waals surface area (Å²) in [5, 5.41) is 15.8. The summed E-state index contributed by atoms with van der Waals surface area (Å²) in [6, 6.07) is 12.6. The molecule has 4 aromatic rings. The van der Waals surface area contributed by atoms with E-state index in [1.807, 2.05) is 36.1 Å². The number of piperazine rings is 1. The van der Waals surface area contributed by atoms with Crippen LogP contribution in [0.2, 0.25) is 0 Å². The lowest BCUT2D eigenvalue weighted by atomic mass is 10.1. The van der Waals surface area contributed by atoms with Crippen LogP contribution in [0.4, 0.5) is 5.69 Å². The molecule has 35 heavy (non-hydrogen) atoms. The number of aryl methyl sites for hydroxylation is 2. The van der Waals surface area contributed by atoms with Crippen molar-refractivity contribution in [2.24, 2.45) is 0 Å². The maximum absolute atomic E-state index is 13.1. The van der Waals surface area contributed by atoms with Crippen molar-refractivity contribution in [2.45, 2.75) is 19.8 Å². The van der Waals surface area contributed by atoms with E-state index in [1.54, 1.807) is 12.3 Å². The Morgan fingerprint density at radius 3 is 2.66 bits per heavy atom. The zero-order chi connectivity index (χ0) is 24.4. The number of carbonyl (C=O) groups is 1. The van der Waals surface area contributed by atoms with Crippen molar-refractivity contribution >= 4 is 22.5 Å². The number of H-pyrrole nitrogens is 1. The summed E-state index contributed by atoms with van der Waals surface area (Å²) in [6.07, 6.45) is 3.22. The molecule has 0 aliphatic carbocycles. The number of non-ortho nitro benzene ring substituents is 1. The van der Waals surface area contributed by atoms with Crippen LogP contribution < -0.4 is 0 Å². The van der Waals surface area contributed by atoms with Gasteiger partial charge in [-0.05, 0) is 26.0 Å². The van der Waals surface area contributed by atoms with Crippen LogP contribution in [-0.4, -0.2) is 68.5 Å². The average molecular weight is 475 g/mol. The van der Waals surface area contributed by atoms with E-state index in [4.69, 9.17) is 4.52 Å². The molecule has 1 N–H and O–H groups in total. The predicted molar refractivity (Wildman–Crippen MR) is 130 cm³/mol. The van der Waals surface area contributed by atoms with Gasteiger partial charge in [-0.1, -0.05) is 35.0 Å². The van der Waals surface area contributed by atoms with Crippen molar-refractivity contribution in [3.63, 3.8) is 0 Å². The van der Waals surface area contributed by atoms with Crippen LogP contribution in [0.3, 0.4) is 0 Å². The second kappa shape index (κ2) is 9.67. The van der Waals surface area contributed by atoms with Crippen molar-refractivity contribution in [1.82, 2.24) is 24.9 Å². The molecule has 1 aliphatic rings. The predicted octanol–water partition coefficient (Wildman–Crippen LogP) is 3.83. The fraction of sp³-hybridized carbons (Fsp3) is 0.320. The first-order valence-corrected chi connectivity index (χ1v) is 11.6. The van der Waals surface area contributed by atoms with Crippen molar-refractivity contribution in [2.75, 3.05) is 32.7 Å². The maximum Gasteiger partial charge on any atom is 0.270 e. The first kappa shape index (κ1) is 22.7. The first-order valence-electron chi connectivity index (χ1n) is 11.6. The number of aromatic amines is 1. The van der Waals surface area contributed by atoms with Gasteiger partial charge in [0.05, 0.1) is 10.5 Å². The second-order valence-corrected chi connectivity index (χ2v) is 8.80. The Hall–Kier alpha value is -4.05. The maximum atomic E-state index is 13.1. The lowest BCUT2D eigenvalue weighted by Gasteiger charge is -2.34. The number of hydrogen-bond donors (Lipinski definition) is 1. The number of fused-ring (bicyclic) bond motifs is 1. The minimum atomic E-state index is -0.447. The third-order valence-electron chi connectivity index (χ3n) is 6.41. The summed E-state index contributed by atoms with van der Waals surface area (Å²) in [4.78, 5) is 35.4. The highest BCUT2D eigenvalue weighted by Crippen LogP contribution is 2.25. The summed E-state index contributed by atoms with van der Waals surface area (Å²) in [5.74, 6) is 1.13. The molecule has 0 spiro atoms. The normalized spacial score (nSPS) is 14.5. The zero-order valence-corrected chi connectivity index (χ0v) is 19.4. The van der Waals surface area contributed by atoms with Crippen molar-refractivity contribution < 1.29 is 14.2 Å². The van der Waals surface area contributed by atoms with Gasteiger partial charge in [0, 0.05) is 67.4 Å². The van der Waals surface area contributed by atoms with Gasteiger partial charge in [0.2, 0.25) is 11.7 Å². The number of amides is 1. The van der Waals surface area contributed by atoms with Crippen LogP contribution in [0.5, 0.6) is 0 Å². The molecule has 5 rings (SSSR count). The van der Waals surface area contributed by atoms with E-state index >= 15 is 0 Å². The zero-order valence-electron chi connectivity index (χ0n) is 19.4. The minimum absolute atomic E-state index is 0.0248. The van der Waals surface area contributed by atoms with E-state index in [2.05, 4.69) is 20.0 Å². The summed E-state index contributed by atoms with van der Waals surface area (Å²) >= 11 is 0. The number of nitrogens with zero attached hydrogens (tertiary/aromatic N) is 5. The molecule has 10 heteroatoms. The molecule has 0 atom stereocenters. The van der Waals surface area contributed by atoms with Crippen molar-refractivity contribution in [1.29, 1.82) is 0 Å². The molecule has 0 saturated carbocycles. The Balaban J connectivity index is 1.12. The third kappa shape index (κ3) is 4.92. The summed E-state index contributed by atoms with van der Waals surface area (Å²) < 4.78 is 5.41. The van der Waals surface area contributed by atoms with Gasteiger partial charge in [0.15, 0.2) is 0 Å². The Kier molecular flexibility index (Phi) is 6.28. The highest BCUT2D eigenvalue weighted by Gasteiger charge is 2.24. The Morgan fingerprint density at radius 1 is 1.14 bits per heavy atom. The average Bonchev–Trinajstić information content (AvgIpc) is 3.51. The van der Waals surface area contributed by atoms with Gasteiger partial charge in [-0.25, -0.2) is 0 Å². The standard InChI is InChI=1S/C25H26N6O4/c1-17-4-6-18(7-5-17)24-27-23(35-28-24)3-2-10-29-11-13-30(14-12-29)25(32)21-16-26-22-9-8-19(31(33)34)15-20(21)22/h4-9,15-16,26H,2-3,10-14H2,1H3. The summed E-state index contributed by atoms with van der Waals surface area (Å²) in [6.45, 7) is 5.68. The molecule has 1 amide bonds. The molecule has 180 valence electrons. The van der Waals surface area contributed by atoms with Gasteiger partial charge < -0.3 is 14.4 Å². The second-order valence-electron chi connectivity index (χ2n) is 8.80. The van der Waals surface area contributed by atoms with Gasteiger partial charge in [0.25, 0.3) is 11.6 Å². The fourth-order valence-corrected chi connectivity index (χ4v) is 4.37. The highest BCUT2D eigenvalue weighted by molar-refractivity contribution is 6.07. The molecule has 3 heterocycles. The molecule has 0 unspecified atom stereocenters. The lowest BCUT2D eigenvalue weighted by molar-refractivity contribution is -0.384. The summed E-state index contributed by atoms with van der Waals surface area (Å²) in [7, 11) is 0. The lowest BCUT2D eigenvalue weighted by Crippen LogP contribution is -2.48. The van der Waals surface area contributed by atoms with Crippen molar-refractivity contribution in [3.05, 3.63) is 75.8 Å². The Labute approximate surface area is 201 Å². The monoisotopic (exact) mass is 474 g/mol. The van der Waals surface area contributed by atoms with Gasteiger partial charge in [-0.15, -0.1) is 0 Å². The molecule has 1 fully saturated rings. The molecular formula is C25H26N6O4. The Morgan fingerprint density at radius 2 is 1.91 bits per heavy atom. The van der Waals surface area contributed by atoms with Gasteiger partial charge in [-0.3, -0.25) is 19.8 Å². The van der Waals surface area contributed by atoms with Gasteiger partial charge in [0.1, 0.15) is 0 Å². The van der Waals surface area contributed by atoms with Crippen LogP contribution in [0.25, 0.3) is 22.3 Å². The molecule has 2 aromatic carbocycles. The molecule has 10 nitrogen and oxygen atoms in total. The third-order valence-corrected chi connectivity index (χ3v) is 6.41. The van der Waals surface area contributed by atoms with Crippen LogP contribution in [0.15, 0.2) is 53.2 Å². The first-order chi connectivity index (χ1) is 17.0. The molecule has 1 aliphatic heterocycles. The SMILES string of the molecule is Cc1ccc(-c2noc(CCCN3CCN(C(=O)c4c[nH]c5ccc([N+](=O)[O-])cc45)CC3)n2)cc1. The number of aromatic nitrogens is 3. The number of carbonyl (C=O) groups excluding carboxylic acids is 1. The van der Waals surface area contributed by atoms with E-state index in [0.717, 1.165) is 31.6 Å². The summed E-state index contributed by atoms with van der Waals surface area (Å²) in [5.41, 5.74) is 3.28. The van der Waals surface area contributed by atoms with E-state index in [1.165, 1.54) is 17.7 Å². The van der Waals surface area contributed by atoms with E-state index in [0.29, 0.717) is 47.7 Å².